The molecule has 0 unspecified atom stereocenters. The second-order valence-corrected chi connectivity index (χ2v) is 6.88. The van der Waals surface area contributed by atoms with E-state index < -0.39 is 0 Å². The molecular formula is C20H22N4O2S. The fourth-order valence-electron chi connectivity index (χ4n) is 2.69. The predicted octanol–water partition coefficient (Wildman–Crippen LogP) is 4.17. The first kappa shape index (κ1) is 19.0. The van der Waals surface area contributed by atoms with Crippen LogP contribution < -0.4 is 10.1 Å². The van der Waals surface area contributed by atoms with Crippen LogP contribution in [0.5, 0.6) is 5.75 Å². The lowest BCUT2D eigenvalue weighted by molar-refractivity contribution is -0.114. The van der Waals surface area contributed by atoms with E-state index in [9.17, 15) is 4.79 Å². The molecule has 3 rings (SSSR count). The minimum atomic E-state index is -0.0709. The van der Waals surface area contributed by atoms with Gasteiger partial charge in [-0.15, -0.1) is 5.10 Å². The van der Waals surface area contributed by atoms with E-state index in [1.807, 2.05) is 52.6 Å². The van der Waals surface area contributed by atoms with Crippen molar-refractivity contribution in [1.82, 2.24) is 14.4 Å². The Morgan fingerprint density at radius 3 is 2.44 bits per heavy atom. The molecular weight excluding hydrogens is 360 g/mol. The van der Waals surface area contributed by atoms with E-state index in [4.69, 9.17) is 4.74 Å². The van der Waals surface area contributed by atoms with Gasteiger partial charge in [0, 0.05) is 23.9 Å². The third kappa shape index (κ3) is 4.68. The molecule has 2 aromatic carbocycles. The Balaban J connectivity index is 1.72. The van der Waals surface area contributed by atoms with Gasteiger partial charge in [0.1, 0.15) is 11.4 Å². The van der Waals surface area contributed by atoms with Gasteiger partial charge in [0.25, 0.3) is 0 Å². The molecule has 0 aliphatic heterocycles. The Morgan fingerprint density at radius 2 is 1.85 bits per heavy atom. The van der Waals surface area contributed by atoms with E-state index in [2.05, 4.69) is 22.6 Å². The Morgan fingerprint density at radius 1 is 1.15 bits per heavy atom. The summed E-state index contributed by atoms with van der Waals surface area (Å²) in [6.07, 6.45) is 0.836. The number of hydrogen-bond acceptors (Lipinski definition) is 5. The van der Waals surface area contributed by atoms with Crippen LogP contribution in [0.2, 0.25) is 0 Å². The number of rotatable bonds is 7. The molecule has 1 N–H and O–H groups in total. The molecule has 1 aromatic heterocycles. The number of aromatic nitrogens is 3. The zero-order valence-electron chi connectivity index (χ0n) is 15.6. The monoisotopic (exact) mass is 382 g/mol. The summed E-state index contributed by atoms with van der Waals surface area (Å²) < 4.78 is 7.11. The number of hydrogen-bond donors (Lipinski definition) is 1. The zero-order valence-corrected chi connectivity index (χ0v) is 16.4. The van der Waals surface area contributed by atoms with Crippen molar-refractivity contribution >= 4 is 23.5 Å². The van der Waals surface area contributed by atoms with E-state index in [-0.39, 0.29) is 5.91 Å². The maximum Gasteiger partial charge on any atom is 0.221 e. The second-order valence-electron chi connectivity index (χ2n) is 5.99. The molecule has 0 atom stereocenters. The van der Waals surface area contributed by atoms with E-state index in [0.717, 1.165) is 46.1 Å². The van der Waals surface area contributed by atoms with Crippen LogP contribution in [-0.4, -0.2) is 27.4 Å². The highest BCUT2D eigenvalue weighted by Gasteiger charge is 2.14. The molecule has 0 bridgehead atoms. The Hall–Kier alpha value is -2.80. The van der Waals surface area contributed by atoms with Gasteiger partial charge in [0.05, 0.1) is 12.8 Å². The summed E-state index contributed by atoms with van der Waals surface area (Å²) in [5.41, 5.74) is 4.96. The number of anilines is 1. The smallest absolute Gasteiger partial charge is 0.221 e. The Kier molecular flexibility index (Phi) is 6.13. The average molecular weight is 382 g/mol. The summed E-state index contributed by atoms with van der Waals surface area (Å²) >= 11 is 1.60. The molecule has 1 heterocycles. The highest BCUT2D eigenvalue weighted by Crippen LogP contribution is 2.27. The third-order valence-electron chi connectivity index (χ3n) is 4.06. The van der Waals surface area contributed by atoms with Crippen LogP contribution in [0.4, 0.5) is 5.69 Å². The second kappa shape index (κ2) is 8.73. The van der Waals surface area contributed by atoms with E-state index in [1.165, 1.54) is 6.92 Å². The number of benzene rings is 2. The van der Waals surface area contributed by atoms with Crippen LogP contribution in [0, 0.1) is 0 Å². The van der Waals surface area contributed by atoms with Gasteiger partial charge in [-0.1, -0.05) is 24.3 Å². The summed E-state index contributed by atoms with van der Waals surface area (Å²) in [5.74, 6) is 1.51. The molecule has 0 aliphatic rings. The maximum atomic E-state index is 11.1. The van der Waals surface area contributed by atoms with Crippen LogP contribution in [0.3, 0.4) is 0 Å². The molecule has 0 saturated carbocycles. The number of methoxy groups -OCH3 is 1. The van der Waals surface area contributed by atoms with E-state index >= 15 is 0 Å². The summed E-state index contributed by atoms with van der Waals surface area (Å²) in [4.78, 5) is 11.1. The topological polar surface area (TPSA) is 69.0 Å². The number of carbonyl (C=O) groups excluding carboxylic acids is 1. The lowest BCUT2D eigenvalue weighted by Gasteiger charge is -2.07. The van der Waals surface area contributed by atoms with Gasteiger partial charge in [-0.2, -0.15) is 4.09 Å². The summed E-state index contributed by atoms with van der Waals surface area (Å²) in [5, 5.41) is 11.5. The molecule has 7 heteroatoms. The van der Waals surface area contributed by atoms with Gasteiger partial charge < -0.3 is 10.1 Å². The molecule has 1 amide bonds. The van der Waals surface area contributed by atoms with Crippen LogP contribution in [-0.2, 0) is 17.0 Å². The van der Waals surface area contributed by atoms with Crippen molar-refractivity contribution in [3.63, 3.8) is 0 Å². The quantitative estimate of drug-likeness (QED) is 0.664. The van der Waals surface area contributed by atoms with Gasteiger partial charge in [-0.25, -0.2) is 0 Å². The minimum absolute atomic E-state index is 0.0709. The molecule has 0 spiro atoms. The normalized spacial score (nSPS) is 10.6. The van der Waals surface area contributed by atoms with E-state index in [0.29, 0.717) is 0 Å². The van der Waals surface area contributed by atoms with Crippen molar-refractivity contribution in [3.8, 4) is 17.0 Å². The van der Waals surface area contributed by atoms with Gasteiger partial charge in [0.2, 0.25) is 5.91 Å². The fraction of sp³-hybridized carbons (Fsp3) is 0.250. The molecule has 0 fully saturated rings. The minimum Gasteiger partial charge on any atom is -0.497 e. The molecule has 0 saturated heterocycles. The number of nitrogens with one attached hydrogen (secondary N) is 1. The van der Waals surface area contributed by atoms with Gasteiger partial charge in [-0.05, 0) is 60.3 Å². The number of nitrogens with zero attached hydrogens (tertiary/aromatic N) is 3. The zero-order chi connectivity index (χ0) is 19.2. The molecule has 27 heavy (non-hydrogen) atoms. The number of ether oxygens (including phenoxy) is 1. The van der Waals surface area contributed by atoms with E-state index in [1.54, 1.807) is 19.1 Å². The van der Waals surface area contributed by atoms with Gasteiger partial charge >= 0.3 is 0 Å². The SMILES string of the molecule is CCc1c(-c2ccc(OC)cc2)nnn1SCc1ccc(NC(C)=O)cc1. The highest BCUT2D eigenvalue weighted by atomic mass is 32.2. The first-order valence-electron chi connectivity index (χ1n) is 8.69. The standard InChI is InChI=1S/C20H22N4O2S/c1-4-19-20(16-7-11-18(26-3)12-8-16)22-23-24(19)27-13-15-5-9-17(10-6-15)21-14(2)25/h5-12H,4,13H2,1-3H3,(H,21,25). The van der Waals surface area contributed by atoms with Crippen LogP contribution in [0.15, 0.2) is 48.5 Å². The summed E-state index contributed by atoms with van der Waals surface area (Å²) in [6.45, 7) is 3.60. The third-order valence-corrected chi connectivity index (χ3v) is 5.06. The van der Waals surface area contributed by atoms with Crippen LogP contribution in [0.1, 0.15) is 25.1 Å². The molecule has 3 aromatic rings. The maximum absolute atomic E-state index is 11.1. The average Bonchev–Trinajstić information content (AvgIpc) is 3.10. The lowest BCUT2D eigenvalue weighted by Crippen LogP contribution is -2.05. The highest BCUT2D eigenvalue weighted by molar-refractivity contribution is 7.96. The van der Waals surface area contributed by atoms with Crippen molar-refractivity contribution in [2.75, 3.05) is 12.4 Å². The van der Waals surface area contributed by atoms with Crippen LogP contribution >= 0.6 is 11.9 Å². The van der Waals surface area contributed by atoms with Gasteiger partial charge in [0.15, 0.2) is 0 Å². The molecule has 0 aliphatic carbocycles. The molecule has 0 radical (unpaired) electrons. The summed E-state index contributed by atoms with van der Waals surface area (Å²) in [7, 11) is 1.65. The number of amides is 1. The van der Waals surface area contributed by atoms with Crippen LogP contribution in [0.25, 0.3) is 11.3 Å². The fourth-order valence-corrected chi connectivity index (χ4v) is 3.61. The predicted molar refractivity (Wildman–Crippen MR) is 109 cm³/mol. The Bertz CT molecular complexity index is 905. The molecule has 140 valence electrons. The van der Waals surface area contributed by atoms with Crippen molar-refractivity contribution < 1.29 is 9.53 Å². The van der Waals surface area contributed by atoms with Crippen molar-refractivity contribution in [2.45, 2.75) is 26.0 Å². The van der Waals surface area contributed by atoms with Crippen molar-refractivity contribution in [1.29, 1.82) is 0 Å². The van der Waals surface area contributed by atoms with Crippen molar-refractivity contribution in [2.24, 2.45) is 0 Å². The first-order valence-corrected chi connectivity index (χ1v) is 9.63. The first-order chi connectivity index (χ1) is 13.1. The largest absolute Gasteiger partial charge is 0.497 e. The molecule has 6 nitrogen and oxygen atoms in total. The van der Waals surface area contributed by atoms with Gasteiger partial charge in [-0.3, -0.25) is 4.79 Å². The number of carbonyl (C=O) groups is 1. The Labute approximate surface area is 163 Å². The summed E-state index contributed by atoms with van der Waals surface area (Å²) in [6, 6.07) is 15.7. The van der Waals surface area contributed by atoms with Crippen molar-refractivity contribution in [3.05, 3.63) is 59.8 Å². The lowest BCUT2D eigenvalue weighted by atomic mass is 10.1.